The second-order valence-electron chi connectivity index (χ2n) is 5.15. The topological polar surface area (TPSA) is 97.5 Å². The summed E-state index contributed by atoms with van der Waals surface area (Å²) in [5, 5.41) is 9.77. The van der Waals surface area contributed by atoms with E-state index in [-0.39, 0.29) is 24.4 Å². The van der Waals surface area contributed by atoms with Crippen LogP contribution in [-0.4, -0.2) is 28.2 Å². The molecule has 0 radical (unpaired) electrons. The van der Waals surface area contributed by atoms with Gasteiger partial charge in [-0.2, -0.15) is 0 Å². The molecule has 0 aromatic heterocycles. The number of rotatable bonds is 4. The van der Waals surface area contributed by atoms with E-state index in [1.54, 1.807) is 20.8 Å². The number of aliphatic hydroxyl groups is 1. The maximum Gasteiger partial charge on any atom is 0.249 e. The largest absolute Gasteiger partial charge is 0.380 e. The summed E-state index contributed by atoms with van der Waals surface area (Å²) in [6.07, 6.45) is 0.164. The van der Waals surface area contributed by atoms with Crippen molar-refractivity contribution in [3.8, 4) is 0 Å². The molecule has 0 saturated carbocycles. The van der Waals surface area contributed by atoms with Gasteiger partial charge in [0.05, 0.1) is 0 Å². The zero-order chi connectivity index (χ0) is 15.0. The highest BCUT2D eigenvalue weighted by molar-refractivity contribution is 6.24. The molecule has 0 aliphatic heterocycles. The third-order valence-electron chi connectivity index (χ3n) is 3.70. The minimum absolute atomic E-state index is 0.0142. The predicted octanol–water partition coefficient (Wildman–Crippen LogP) is 0.808. The molecule has 5 nitrogen and oxygen atoms in total. The number of hydrogen-bond donors (Lipinski definition) is 2. The molecule has 104 valence electrons. The molecule has 0 heterocycles. The SMILES string of the molecule is CC1=C(C)C(=O)C(CC[C@@](C)(O)C(N)=O)=C(C)C1=O. The Labute approximate surface area is 112 Å². The molecule has 1 rings (SSSR count). The Morgan fingerprint density at radius 1 is 1.11 bits per heavy atom. The molecule has 0 aromatic carbocycles. The smallest absolute Gasteiger partial charge is 0.249 e. The molecule has 1 aliphatic carbocycles. The normalized spacial score (nSPS) is 19.8. The molecular formula is C14H19NO4. The number of allylic oxidation sites excluding steroid dienone is 4. The summed E-state index contributed by atoms with van der Waals surface area (Å²) >= 11 is 0. The second kappa shape index (κ2) is 5.09. The van der Waals surface area contributed by atoms with E-state index in [2.05, 4.69) is 0 Å². The minimum Gasteiger partial charge on any atom is -0.380 e. The van der Waals surface area contributed by atoms with Gasteiger partial charge in [-0.25, -0.2) is 0 Å². The van der Waals surface area contributed by atoms with Crippen LogP contribution in [0.2, 0.25) is 0 Å². The fourth-order valence-electron chi connectivity index (χ4n) is 1.95. The van der Waals surface area contributed by atoms with Gasteiger partial charge >= 0.3 is 0 Å². The highest BCUT2D eigenvalue weighted by Crippen LogP contribution is 2.28. The number of Topliss-reactive ketones (excluding diaryl/α,β-unsaturated/α-hetero) is 2. The summed E-state index contributed by atoms with van der Waals surface area (Å²) < 4.78 is 0. The Bertz CT molecular complexity index is 524. The minimum atomic E-state index is -1.68. The van der Waals surface area contributed by atoms with Gasteiger partial charge < -0.3 is 10.8 Å². The number of hydrogen-bond acceptors (Lipinski definition) is 4. The van der Waals surface area contributed by atoms with Crippen LogP contribution >= 0.6 is 0 Å². The predicted molar refractivity (Wildman–Crippen MR) is 70.1 cm³/mol. The lowest BCUT2D eigenvalue weighted by Crippen LogP contribution is -2.41. The van der Waals surface area contributed by atoms with Crippen molar-refractivity contribution >= 4 is 17.5 Å². The first-order valence-electron chi connectivity index (χ1n) is 6.08. The van der Waals surface area contributed by atoms with E-state index in [0.717, 1.165) is 0 Å². The Morgan fingerprint density at radius 3 is 2.05 bits per heavy atom. The first-order valence-corrected chi connectivity index (χ1v) is 6.08. The van der Waals surface area contributed by atoms with Crippen LogP contribution in [0.5, 0.6) is 0 Å². The van der Waals surface area contributed by atoms with E-state index in [1.807, 2.05) is 0 Å². The van der Waals surface area contributed by atoms with Gasteiger partial charge in [0.25, 0.3) is 0 Å². The molecular weight excluding hydrogens is 246 g/mol. The van der Waals surface area contributed by atoms with E-state index in [4.69, 9.17) is 5.73 Å². The molecule has 1 aliphatic rings. The van der Waals surface area contributed by atoms with Crippen LogP contribution in [0.4, 0.5) is 0 Å². The highest BCUT2D eigenvalue weighted by atomic mass is 16.3. The lowest BCUT2D eigenvalue weighted by molar-refractivity contribution is -0.135. The van der Waals surface area contributed by atoms with Crippen molar-refractivity contribution in [3.63, 3.8) is 0 Å². The van der Waals surface area contributed by atoms with Crippen molar-refractivity contribution in [2.24, 2.45) is 5.73 Å². The number of carbonyl (C=O) groups is 3. The quantitative estimate of drug-likeness (QED) is 0.735. The molecule has 0 fully saturated rings. The van der Waals surface area contributed by atoms with E-state index < -0.39 is 11.5 Å². The van der Waals surface area contributed by atoms with Crippen molar-refractivity contribution < 1.29 is 19.5 Å². The van der Waals surface area contributed by atoms with Gasteiger partial charge in [0.1, 0.15) is 5.60 Å². The van der Waals surface area contributed by atoms with Crippen molar-refractivity contribution in [1.29, 1.82) is 0 Å². The van der Waals surface area contributed by atoms with Gasteiger partial charge in [0.15, 0.2) is 11.6 Å². The summed E-state index contributed by atoms with van der Waals surface area (Å²) in [4.78, 5) is 35.1. The summed E-state index contributed by atoms with van der Waals surface area (Å²) in [5.41, 5.74) is 5.00. The zero-order valence-corrected chi connectivity index (χ0v) is 11.7. The molecule has 1 amide bonds. The molecule has 0 saturated heterocycles. The second-order valence-corrected chi connectivity index (χ2v) is 5.15. The number of ketones is 2. The summed E-state index contributed by atoms with van der Waals surface area (Å²) in [7, 11) is 0. The summed E-state index contributed by atoms with van der Waals surface area (Å²) in [6, 6.07) is 0. The molecule has 0 unspecified atom stereocenters. The van der Waals surface area contributed by atoms with E-state index in [1.165, 1.54) is 6.92 Å². The van der Waals surface area contributed by atoms with E-state index in [0.29, 0.717) is 22.3 Å². The molecule has 5 heteroatoms. The fraction of sp³-hybridized carbons (Fsp3) is 0.500. The van der Waals surface area contributed by atoms with Crippen LogP contribution in [0.3, 0.4) is 0 Å². The number of carbonyl (C=O) groups excluding carboxylic acids is 3. The maximum atomic E-state index is 12.1. The molecule has 0 bridgehead atoms. The van der Waals surface area contributed by atoms with Crippen molar-refractivity contribution in [1.82, 2.24) is 0 Å². The van der Waals surface area contributed by atoms with Gasteiger partial charge in [-0.15, -0.1) is 0 Å². The fourth-order valence-corrected chi connectivity index (χ4v) is 1.95. The molecule has 0 aromatic rings. The Balaban J connectivity index is 2.99. The first kappa shape index (κ1) is 15.3. The third kappa shape index (κ3) is 2.81. The van der Waals surface area contributed by atoms with Crippen LogP contribution in [0.25, 0.3) is 0 Å². The lowest BCUT2D eigenvalue weighted by Gasteiger charge is -2.22. The highest BCUT2D eigenvalue weighted by Gasteiger charge is 2.32. The average Bonchev–Trinajstić information content (AvgIpc) is 2.33. The van der Waals surface area contributed by atoms with Gasteiger partial charge in [0.2, 0.25) is 5.91 Å². The average molecular weight is 265 g/mol. The first-order chi connectivity index (χ1) is 8.59. The van der Waals surface area contributed by atoms with Gasteiger partial charge in [-0.1, -0.05) is 0 Å². The summed E-state index contributed by atoms with van der Waals surface area (Å²) in [5.74, 6) is -1.20. The van der Waals surface area contributed by atoms with Crippen LogP contribution in [-0.2, 0) is 14.4 Å². The maximum absolute atomic E-state index is 12.1. The molecule has 1 atom stereocenters. The molecule has 19 heavy (non-hydrogen) atoms. The standard InChI is InChI=1S/C14H19NO4/c1-7-8(2)12(17)10(9(3)11(7)16)5-6-14(4,19)13(15)18/h19H,5-6H2,1-4H3,(H2,15,18)/t14-/m1/s1. The van der Waals surface area contributed by atoms with Crippen LogP contribution in [0.15, 0.2) is 22.3 Å². The van der Waals surface area contributed by atoms with Crippen molar-refractivity contribution in [2.75, 3.05) is 0 Å². The van der Waals surface area contributed by atoms with Gasteiger partial charge in [-0.05, 0) is 40.5 Å². The molecule has 0 spiro atoms. The van der Waals surface area contributed by atoms with Crippen LogP contribution in [0.1, 0.15) is 40.5 Å². The van der Waals surface area contributed by atoms with Crippen molar-refractivity contribution in [3.05, 3.63) is 22.3 Å². The van der Waals surface area contributed by atoms with Crippen molar-refractivity contribution in [2.45, 2.75) is 46.1 Å². The Kier molecular flexibility index (Phi) is 4.10. The number of amides is 1. The van der Waals surface area contributed by atoms with E-state index in [9.17, 15) is 19.5 Å². The van der Waals surface area contributed by atoms with Crippen LogP contribution < -0.4 is 5.73 Å². The van der Waals surface area contributed by atoms with E-state index >= 15 is 0 Å². The monoisotopic (exact) mass is 265 g/mol. The lowest BCUT2D eigenvalue weighted by atomic mass is 9.82. The summed E-state index contributed by atoms with van der Waals surface area (Å²) in [6.45, 7) is 6.11. The molecule has 3 N–H and O–H groups in total. The van der Waals surface area contributed by atoms with Crippen LogP contribution in [0, 0.1) is 0 Å². The Hall–Kier alpha value is -1.75. The third-order valence-corrected chi connectivity index (χ3v) is 3.70. The number of primary amides is 1. The Morgan fingerprint density at radius 2 is 1.58 bits per heavy atom. The zero-order valence-electron chi connectivity index (χ0n) is 11.7. The number of nitrogens with two attached hydrogens (primary N) is 1. The van der Waals surface area contributed by atoms with Gasteiger partial charge in [0, 0.05) is 22.3 Å². The van der Waals surface area contributed by atoms with Gasteiger partial charge in [-0.3, -0.25) is 14.4 Å².